The Morgan fingerprint density at radius 2 is 1.79 bits per heavy atom. The lowest BCUT2D eigenvalue weighted by Crippen LogP contribution is -2.39. The van der Waals surface area contributed by atoms with Gasteiger partial charge in [0.25, 0.3) is 0 Å². The number of ether oxygens (including phenoxy) is 2. The van der Waals surface area contributed by atoms with Crippen molar-refractivity contribution in [2.75, 3.05) is 33.4 Å². The molecule has 0 bridgehead atoms. The highest BCUT2D eigenvalue weighted by Crippen LogP contribution is 2.06. The van der Waals surface area contributed by atoms with E-state index in [4.69, 9.17) is 9.47 Å². The SMILES string of the molecule is CCNC(=NCc1ccc(COC)cc1)NCCOCCC(C)C. The van der Waals surface area contributed by atoms with Crippen LogP contribution in [0.15, 0.2) is 29.3 Å². The quantitative estimate of drug-likeness (QED) is 0.371. The third-order valence-corrected chi connectivity index (χ3v) is 3.48. The summed E-state index contributed by atoms with van der Waals surface area (Å²) in [4.78, 5) is 4.61. The highest BCUT2D eigenvalue weighted by Gasteiger charge is 1.99. The van der Waals surface area contributed by atoms with Crippen LogP contribution in [0.4, 0.5) is 0 Å². The summed E-state index contributed by atoms with van der Waals surface area (Å²) in [5, 5.41) is 6.56. The van der Waals surface area contributed by atoms with E-state index in [2.05, 4.69) is 60.7 Å². The molecular formula is C19H33N3O2. The molecule has 0 aliphatic heterocycles. The molecule has 0 fully saturated rings. The molecule has 0 spiro atoms. The van der Waals surface area contributed by atoms with Crippen LogP contribution in [0, 0.1) is 5.92 Å². The Bertz CT molecular complexity index is 458. The van der Waals surface area contributed by atoms with Gasteiger partial charge in [-0.2, -0.15) is 0 Å². The summed E-state index contributed by atoms with van der Waals surface area (Å²) >= 11 is 0. The first-order valence-electron chi connectivity index (χ1n) is 8.82. The number of rotatable bonds is 11. The molecule has 5 nitrogen and oxygen atoms in total. The summed E-state index contributed by atoms with van der Waals surface area (Å²) in [5.74, 6) is 1.51. The molecule has 0 saturated heterocycles. The number of nitrogens with zero attached hydrogens (tertiary/aromatic N) is 1. The molecule has 0 heterocycles. The van der Waals surface area contributed by atoms with Crippen molar-refractivity contribution in [3.63, 3.8) is 0 Å². The Morgan fingerprint density at radius 1 is 1.08 bits per heavy atom. The van der Waals surface area contributed by atoms with E-state index in [9.17, 15) is 0 Å². The Balaban J connectivity index is 2.35. The lowest BCUT2D eigenvalue weighted by atomic mass is 10.1. The molecule has 24 heavy (non-hydrogen) atoms. The maximum Gasteiger partial charge on any atom is 0.191 e. The van der Waals surface area contributed by atoms with Gasteiger partial charge in [0.2, 0.25) is 0 Å². The van der Waals surface area contributed by atoms with Gasteiger partial charge in [0.15, 0.2) is 5.96 Å². The number of hydrogen-bond donors (Lipinski definition) is 2. The number of nitrogens with one attached hydrogen (secondary N) is 2. The zero-order valence-electron chi connectivity index (χ0n) is 15.6. The number of methoxy groups -OCH3 is 1. The largest absolute Gasteiger partial charge is 0.380 e. The molecule has 0 aliphatic rings. The molecule has 1 aromatic carbocycles. The van der Waals surface area contributed by atoms with E-state index in [1.165, 1.54) is 11.1 Å². The second kappa shape index (κ2) is 12.8. The molecule has 136 valence electrons. The van der Waals surface area contributed by atoms with Crippen molar-refractivity contribution < 1.29 is 9.47 Å². The van der Waals surface area contributed by atoms with Gasteiger partial charge in [-0.3, -0.25) is 0 Å². The predicted octanol–water partition coefficient (Wildman–Crippen LogP) is 2.95. The number of aliphatic imine (C=N–C) groups is 1. The fourth-order valence-corrected chi connectivity index (χ4v) is 2.08. The lowest BCUT2D eigenvalue weighted by molar-refractivity contribution is 0.128. The van der Waals surface area contributed by atoms with Crippen LogP contribution in [0.3, 0.4) is 0 Å². The summed E-state index contributed by atoms with van der Waals surface area (Å²) in [7, 11) is 1.71. The Labute approximate surface area is 146 Å². The predicted molar refractivity (Wildman–Crippen MR) is 100 cm³/mol. The summed E-state index contributed by atoms with van der Waals surface area (Å²) in [6, 6.07) is 8.35. The minimum atomic E-state index is 0.643. The maximum atomic E-state index is 5.61. The topological polar surface area (TPSA) is 54.9 Å². The first kappa shape index (κ1) is 20.5. The normalized spacial score (nSPS) is 11.8. The van der Waals surface area contributed by atoms with E-state index in [1.807, 2.05) is 0 Å². The van der Waals surface area contributed by atoms with Crippen molar-refractivity contribution in [3.05, 3.63) is 35.4 Å². The number of hydrogen-bond acceptors (Lipinski definition) is 3. The highest BCUT2D eigenvalue weighted by molar-refractivity contribution is 5.79. The molecule has 0 radical (unpaired) electrons. The summed E-state index contributed by atoms with van der Waals surface area (Å²) in [6.45, 7) is 10.9. The van der Waals surface area contributed by atoms with Crippen molar-refractivity contribution in [1.29, 1.82) is 0 Å². The zero-order chi connectivity index (χ0) is 17.6. The van der Waals surface area contributed by atoms with Crippen LogP contribution in [0.5, 0.6) is 0 Å². The van der Waals surface area contributed by atoms with Crippen LogP contribution in [-0.2, 0) is 22.6 Å². The molecule has 1 aromatic rings. The summed E-state index contributed by atoms with van der Waals surface area (Å²) < 4.78 is 10.7. The monoisotopic (exact) mass is 335 g/mol. The van der Waals surface area contributed by atoms with E-state index >= 15 is 0 Å². The molecule has 0 aliphatic carbocycles. The van der Waals surface area contributed by atoms with Crippen LogP contribution in [0.2, 0.25) is 0 Å². The van der Waals surface area contributed by atoms with E-state index in [1.54, 1.807) is 7.11 Å². The van der Waals surface area contributed by atoms with Crippen LogP contribution < -0.4 is 10.6 Å². The minimum Gasteiger partial charge on any atom is -0.380 e. The Morgan fingerprint density at radius 3 is 2.42 bits per heavy atom. The summed E-state index contributed by atoms with van der Waals surface area (Å²) in [6.07, 6.45) is 1.10. The number of guanidine groups is 1. The van der Waals surface area contributed by atoms with E-state index in [0.29, 0.717) is 25.7 Å². The smallest absolute Gasteiger partial charge is 0.191 e. The maximum absolute atomic E-state index is 5.61. The first-order valence-corrected chi connectivity index (χ1v) is 8.82. The van der Waals surface area contributed by atoms with Crippen molar-refractivity contribution in [1.82, 2.24) is 10.6 Å². The Kier molecular flexibility index (Phi) is 10.9. The van der Waals surface area contributed by atoms with E-state index in [-0.39, 0.29) is 0 Å². The second-order valence-corrected chi connectivity index (χ2v) is 6.17. The van der Waals surface area contributed by atoms with Gasteiger partial charge in [0, 0.05) is 26.8 Å². The number of benzene rings is 1. The van der Waals surface area contributed by atoms with Crippen LogP contribution in [-0.4, -0.2) is 39.4 Å². The van der Waals surface area contributed by atoms with Gasteiger partial charge < -0.3 is 20.1 Å². The standard InChI is InChI=1S/C19H33N3O2/c1-5-20-19(21-11-13-24-12-10-16(2)3)22-14-17-6-8-18(9-7-17)15-23-4/h6-9,16H,5,10-15H2,1-4H3,(H2,20,21,22). The molecule has 0 aromatic heterocycles. The van der Waals surface area contributed by atoms with Gasteiger partial charge in [-0.05, 0) is 30.4 Å². The molecule has 0 amide bonds. The van der Waals surface area contributed by atoms with E-state index < -0.39 is 0 Å². The summed E-state index contributed by atoms with van der Waals surface area (Å²) in [5.41, 5.74) is 2.36. The average molecular weight is 335 g/mol. The van der Waals surface area contributed by atoms with Gasteiger partial charge in [-0.1, -0.05) is 38.1 Å². The van der Waals surface area contributed by atoms with Crippen molar-refractivity contribution >= 4 is 5.96 Å². The fourth-order valence-electron chi connectivity index (χ4n) is 2.08. The van der Waals surface area contributed by atoms with Gasteiger partial charge >= 0.3 is 0 Å². The fraction of sp³-hybridized carbons (Fsp3) is 0.632. The zero-order valence-corrected chi connectivity index (χ0v) is 15.6. The van der Waals surface area contributed by atoms with Gasteiger partial charge in [-0.15, -0.1) is 0 Å². The molecule has 0 atom stereocenters. The molecular weight excluding hydrogens is 302 g/mol. The first-order chi connectivity index (χ1) is 11.7. The Hall–Kier alpha value is -1.59. The van der Waals surface area contributed by atoms with Gasteiger partial charge in [0.05, 0.1) is 19.8 Å². The minimum absolute atomic E-state index is 0.643. The average Bonchev–Trinajstić information content (AvgIpc) is 2.57. The molecule has 0 unspecified atom stereocenters. The van der Waals surface area contributed by atoms with Crippen LogP contribution in [0.1, 0.15) is 38.3 Å². The van der Waals surface area contributed by atoms with Crippen molar-refractivity contribution in [3.8, 4) is 0 Å². The van der Waals surface area contributed by atoms with Gasteiger partial charge in [-0.25, -0.2) is 4.99 Å². The second-order valence-electron chi connectivity index (χ2n) is 6.17. The van der Waals surface area contributed by atoms with Crippen molar-refractivity contribution in [2.24, 2.45) is 10.9 Å². The lowest BCUT2D eigenvalue weighted by Gasteiger charge is -2.12. The molecule has 0 saturated carbocycles. The van der Waals surface area contributed by atoms with Crippen molar-refractivity contribution in [2.45, 2.75) is 40.3 Å². The highest BCUT2D eigenvalue weighted by atomic mass is 16.5. The third-order valence-electron chi connectivity index (χ3n) is 3.48. The molecule has 5 heteroatoms. The van der Waals surface area contributed by atoms with Crippen LogP contribution in [0.25, 0.3) is 0 Å². The third kappa shape index (κ3) is 9.53. The van der Waals surface area contributed by atoms with E-state index in [0.717, 1.165) is 32.1 Å². The van der Waals surface area contributed by atoms with Gasteiger partial charge in [0.1, 0.15) is 0 Å². The van der Waals surface area contributed by atoms with Crippen LogP contribution >= 0.6 is 0 Å². The molecule has 2 N–H and O–H groups in total. The molecule has 1 rings (SSSR count).